The van der Waals surface area contributed by atoms with E-state index in [1.165, 1.54) is 18.2 Å². The molecule has 1 rings (SSSR count). The molecule has 3 nitrogen and oxygen atoms in total. The summed E-state index contributed by atoms with van der Waals surface area (Å²) in [5.41, 5.74) is 0.627. The minimum atomic E-state index is -0.371. The van der Waals surface area contributed by atoms with Gasteiger partial charge >= 0.3 is 0 Å². The molecule has 2 atom stereocenters. The van der Waals surface area contributed by atoms with Crippen molar-refractivity contribution in [3.63, 3.8) is 0 Å². The summed E-state index contributed by atoms with van der Waals surface area (Å²) in [7, 11) is 0. The van der Waals surface area contributed by atoms with Crippen LogP contribution in [0.1, 0.15) is 39.7 Å². The van der Waals surface area contributed by atoms with Gasteiger partial charge in [0, 0.05) is 18.5 Å². The van der Waals surface area contributed by atoms with Crippen LogP contribution in [0.2, 0.25) is 0 Å². The van der Waals surface area contributed by atoms with E-state index in [9.17, 15) is 9.18 Å². The molecule has 0 aliphatic carbocycles. The van der Waals surface area contributed by atoms with Gasteiger partial charge < -0.3 is 10.1 Å². The second-order valence-corrected chi connectivity index (χ2v) is 5.50. The second kappa shape index (κ2) is 9.36. The van der Waals surface area contributed by atoms with Crippen molar-refractivity contribution in [2.75, 3.05) is 13.1 Å². The number of ether oxygens (including phenoxy) is 1. The standard InChI is InChI=1S/C18H26FNO2/c1-5-13(3)18(21)8-7-15-9-16(19)11-17(10-15)22-14(4)12-20-6-2/h7-11,13-14,20H,5-6,12H2,1-4H3/b8-7+/t13?,14-/m1/s1. The number of allylic oxidation sites excluding steroid dienone is 1. The maximum atomic E-state index is 13.7. The Morgan fingerprint density at radius 2 is 2.05 bits per heavy atom. The molecular formula is C18H26FNO2. The molecule has 0 aromatic heterocycles. The van der Waals surface area contributed by atoms with E-state index in [4.69, 9.17) is 4.74 Å². The molecule has 0 heterocycles. The molecule has 1 unspecified atom stereocenters. The molecule has 0 fully saturated rings. The molecule has 122 valence electrons. The molecule has 1 aromatic rings. The van der Waals surface area contributed by atoms with Crippen LogP contribution >= 0.6 is 0 Å². The number of nitrogens with one attached hydrogen (secondary N) is 1. The summed E-state index contributed by atoms with van der Waals surface area (Å²) in [6, 6.07) is 4.49. The number of hydrogen-bond acceptors (Lipinski definition) is 3. The van der Waals surface area contributed by atoms with Gasteiger partial charge in [-0.1, -0.05) is 26.8 Å². The third-order valence-corrected chi connectivity index (χ3v) is 3.45. The summed E-state index contributed by atoms with van der Waals surface area (Å²) in [6.45, 7) is 9.36. The number of benzene rings is 1. The number of carbonyl (C=O) groups excluding carboxylic acids is 1. The van der Waals surface area contributed by atoms with Gasteiger partial charge in [-0.05, 0) is 43.7 Å². The summed E-state index contributed by atoms with van der Waals surface area (Å²) >= 11 is 0. The normalized spacial score (nSPS) is 14.0. The van der Waals surface area contributed by atoms with E-state index in [1.807, 2.05) is 27.7 Å². The highest BCUT2D eigenvalue weighted by atomic mass is 19.1. The molecule has 22 heavy (non-hydrogen) atoms. The van der Waals surface area contributed by atoms with E-state index in [0.29, 0.717) is 17.9 Å². The van der Waals surface area contributed by atoms with E-state index in [-0.39, 0.29) is 23.6 Å². The number of halogens is 1. The first kappa shape index (κ1) is 18.4. The van der Waals surface area contributed by atoms with Crippen molar-refractivity contribution in [2.45, 2.75) is 40.2 Å². The Bertz CT molecular complexity index is 514. The van der Waals surface area contributed by atoms with Crippen LogP contribution in [-0.4, -0.2) is 25.0 Å². The maximum absolute atomic E-state index is 13.7. The van der Waals surface area contributed by atoms with E-state index in [0.717, 1.165) is 13.0 Å². The quantitative estimate of drug-likeness (QED) is 0.705. The molecule has 0 amide bonds. The van der Waals surface area contributed by atoms with Gasteiger partial charge in [0.2, 0.25) is 0 Å². The molecule has 4 heteroatoms. The maximum Gasteiger partial charge on any atom is 0.158 e. The minimum absolute atomic E-state index is 0.0133. The smallest absolute Gasteiger partial charge is 0.158 e. The Labute approximate surface area is 132 Å². The fourth-order valence-corrected chi connectivity index (χ4v) is 1.91. The first-order valence-corrected chi connectivity index (χ1v) is 7.86. The lowest BCUT2D eigenvalue weighted by Gasteiger charge is -2.15. The first-order chi connectivity index (χ1) is 10.5. The highest BCUT2D eigenvalue weighted by Gasteiger charge is 2.08. The van der Waals surface area contributed by atoms with Crippen molar-refractivity contribution >= 4 is 11.9 Å². The zero-order chi connectivity index (χ0) is 16.5. The Hall–Kier alpha value is -1.68. The van der Waals surface area contributed by atoms with Crippen LogP contribution < -0.4 is 10.1 Å². The Balaban J connectivity index is 2.77. The van der Waals surface area contributed by atoms with Crippen LogP contribution in [0, 0.1) is 11.7 Å². The van der Waals surface area contributed by atoms with Crippen LogP contribution in [-0.2, 0) is 4.79 Å². The van der Waals surface area contributed by atoms with Gasteiger partial charge in [0.1, 0.15) is 17.7 Å². The fourth-order valence-electron chi connectivity index (χ4n) is 1.91. The number of rotatable bonds is 9. The van der Waals surface area contributed by atoms with E-state index < -0.39 is 0 Å². The Morgan fingerprint density at radius 3 is 2.68 bits per heavy atom. The molecule has 0 aliphatic heterocycles. The largest absolute Gasteiger partial charge is 0.489 e. The lowest BCUT2D eigenvalue weighted by atomic mass is 10.0. The van der Waals surface area contributed by atoms with Crippen molar-refractivity contribution in [3.05, 3.63) is 35.7 Å². The van der Waals surface area contributed by atoms with Gasteiger partial charge in [-0.25, -0.2) is 4.39 Å². The molecule has 1 aromatic carbocycles. The topological polar surface area (TPSA) is 38.3 Å². The predicted molar refractivity (Wildman–Crippen MR) is 88.5 cm³/mol. The van der Waals surface area contributed by atoms with Crippen LogP contribution in [0.5, 0.6) is 5.75 Å². The van der Waals surface area contributed by atoms with Gasteiger partial charge in [0.15, 0.2) is 5.78 Å². The van der Waals surface area contributed by atoms with E-state index in [1.54, 1.807) is 12.1 Å². The van der Waals surface area contributed by atoms with Gasteiger partial charge in [-0.3, -0.25) is 4.79 Å². The average Bonchev–Trinajstić information content (AvgIpc) is 2.49. The Kier molecular flexibility index (Phi) is 7.82. The molecule has 1 N–H and O–H groups in total. The number of carbonyl (C=O) groups is 1. The Morgan fingerprint density at radius 1 is 1.32 bits per heavy atom. The van der Waals surface area contributed by atoms with Crippen LogP contribution in [0.15, 0.2) is 24.3 Å². The highest BCUT2D eigenvalue weighted by Crippen LogP contribution is 2.19. The molecule has 0 spiro atoms. The minimum Gasteiger partial charge on any atom is -0.489 e. The van der Waals surface area contributed by atoms with Crippen LogP contribution in [0.3, 0.4) is 0 Å². The van der Waals surface area contributed by atoms with E-state index >= 15 is 0 Å². The van der Waals surface area contributed by atoms with Gasteiger partial charge in [0.25, 0.3) is 0 Å². The van der Waals surface area contributed by atoms with Gasteiger partial charge in [0.05, 0.1) is 0 Å². The zero-order valence-electron chi connectivity index (χ0n) is 13.9. The van der Waals surface area contributed by atoms with Gasteiger partial charge in [-0.15, -0.1) is 0 Å². The zero-order valence-corrected chi connectivity index (χ0v) is 13.9. The molecule has 0 bridgehead atoms. The highest BCUT2D eigenvalue weighted by molar-refractivity contribution is 5.95. The van der Waals surface area contributed by atoms with Crippen molar-refractivity contribution in [2.24, 2.45) is 5.92 Å². The molecule has 0 radical (unpaired) electrons. The van der Waals surface area contributed by atoms with Crippen molar-refractivity contribution in [3.8, 4) is 5.75 Å². The fraction of sp³-hybridized carbons (Fsp3) is 0.500. The predicted octanol–water partition coefficient (Wildman–Crippen LogP) is 3.83. The summed E-state index contributed by atoms with van der Waals surface area (Å²) in [6.07, 6.45) is 3.89. The third-order valence-electron chi connectivity index (χ3n) is 3.45. The summed E-state index contributed by atoms with van der Waals surface area (Å²) in [5, 5.41) is 3.18. The first-order valence-electron chi connectivity index (χ1n) is 7.86. The second-order valence-electron chi connectivity index (χ2n) is 5.50. The lowest BCUT2D eigenvalue weighted by molar-refractivity contribution is -0.117. The number of hydrogen-bond donors (Lipinski definition) is 1. The van der Waals surface area contributed by atoms with Crippen molar-refractivity contribution < 1.29 is 13.9 Å². The van der Waals surface area contributed by atoms with Crippen molar-refractivity contribution in [1.29, 1.82) is 0 Å². The van der Waals surface area contributed by atoms with Gasteiger partial charge in [-0.2, -0.15) is 0 Å². The number of likely N-dealkylation sites (N-methyl/N-ethyl adjacent to an activating group) is 1. The molecule has 0 saturated carbocycles. The third kappa shape index (κ3) is 6.39. The van der Waals surface area contributed by atoms with Crippen LogP contribution in [0.25, 0.3) is 6.08 Å². The summed E-state index contributed by atoms with van der Waals surface area (Å²) in [4.78, 5) is 11.8. The summed E-state index contributed by atoms with van der Waals surface area (Å²) < 4.78 is 19.4. The van der Waals surface area contributed by atoms with Crippen molar-refractivity contribution in [1.82, 2.24) is 5.32 Å². The molecular weight excluding hydrogens is 281 g/mol. The number of ketones is 1. The monoisotopic (exact) mass is 307 g/mol. The summed E-state index contributed by atoms with van der Waals surface area (Å²) in [5.74, 6) is 0.139. The lowest BCUT2D eigenvalue weighted by Crippen LogP contribution is -2.28. The van der Waals surface area contributed by atoms with E-state index in [2.05, 4.69) is 5.32 Å². The van der Waals surface area contributed by atoms with Crippen LogP contribution in [0.4, 0.5) is 4.39 Å². The molecule has 0 saturated heterocycles. The SMILES string of the molecule is CCNC[C@@H](C)Oc1cc(F)cc(/C=C/C(=O)C(C)CC)c1. The average molecular weight is 307 g/mol. The molecule has 0 aliphatic rings.